The number of hydrogen-bond acceptors (Lipinski definition) is 4. The van der Waals surface area contributed by atoms with Gasteiger partial charge in [-0.2, -0.15) is 0 Å². The van der Waals surface area contributed by atoms with Gasteiger partial charge in [-0.15, -0.1) is 0 Å². The SMILES string of the molecule is COC(=O)C1(NCC2CCN(C(=O)C(C)(C)C)CC2)CCCCC1. The molecular weight excluding hydrogens is 304 g/mol. The smallest absolute Gasteiger partial charge is 0.326 e. The van der Waals surface area contributed by atoms with Gasteiger partial charge in [0.15, 0.2) is 0 Å². The van der Waals surface area contributed by atoms with E-state index >= 15 is 0 Å². The zero-order chi connectivity index (χ0) is 17.8. The molecule has 2 rings (SSSR count). The predicted molar refractivity (Wildman–Crippen MR) is 94.6 cm³/mol. The monoisotopic (exact) mass is 338 g/mol. The fourth-order valence-corrected chi connectivity index (χ4v) is 3.96. The molecule has 1 saturated heterocycles. The maximum Gasteiger partial charge on any atom is 0.326 e. The van der Waals surface area contributed by atoms with Crippen molar-refractivity contribution in [3.63, 3.8) is 0 Å². The third-order valence-electron chi connectivity index (χ3n) is 5.56. The standard InChI is InChI=1S/C19H34N2O3/c1-18(2,3)16(22)21-12-8-15(9-13-21)14-20-19(17(23)24-4)10-6-5-7-11-19/h15,20H,5-14H2,1-4H3. The summed E-state index contributed by atoms with van der Waals surface area (Å²) in [6.07, 6.45) is 7.13. The first-order valence-electron chi connectivity index (χ1n) is 9.41. The number of likely N-dealkylation sites (tertiary alicyclic amines) is 1. The third-order valence-corrected chi connectivity index (χ3v) is 5.56. The summed E-state index contributed by atoms with van der Waals surface area (Å²) in [5, 5.41) is 3.55. The van der Waals surface area contributed by atoms with Crippen LogP contribution in [0.1, 0.15) is 65.7 Å². The van der Waals surface area contributed by atoms with Crippen molar-refractivity contribution < 1.29 is 14.3 Å². The minimum Gasteiger partial charge on any atom is -0.468 e. The Hall–Kier alpha value is -1.10. The molecule has 0 radical (unpaired) electrons. The highest BCUT2D eigenvalue weighted by molar-refractivity contribution is 5.81. The van der Waals surface area contributed by atoms with E-state index in [-0.39, 0.29) is 17.3 Å². The molecule has 1 amide bonds. The third kappa shape index (κ3) is 4.50. The molecule has 1 saturated carbocycles. The molecule has 138 valence electrons. The summed E-state index contributed by atoms with van der Waals surface area (Å²) < 4.78 is 5.06. The normalized spacial score (nSPS) is 22.2. The summed E-state index contributed by atoms with van der Waals surface area (Å²) in [6.45, 7) is 8.43. The van der Waals surface area contributed by atoms with Crippen molar-refractivity contribution in [2.75, 3.05) is 26.7 Å². The molecule has 1 heterocycles. The van der Waals surface area contributed by atoms with Gasteiger partial charge >= 0.3 is 5.97 Å². The number of esters is 1. The van der Waals surface area contributed by atoms with Crippen LogP contribution >= 0.6 is 0 Å². The first-order valence-corrected chi connectivity index (χ1v) is 9.41. The molecule has 24 heavy (non-hydrogen) atoms. The van der Waals surface area contributed by atoms with Crippen LogP contribution in [-0.4, -0.2) is 49.1 Å². The summed E-state index contributed by atoms with van der Waals surface area (Å²) in [7, 11) is 1.48. The van der Waals surface area contributed by atoms with Gasteiger partial charge in [-0.25, -0.2) is 0 Å². The quantitative estimate of drug-likeness (QED) is 0.801. The summed E-state index contributed by atoms with van der Waals surface area (Å²) in [5.74, 6) is 0.659. The average Bonchev–Trinajstić information content (AvgIpc) is 2.59. The maximum atomic E-state index is 12.4. The molecule has 0 bridgehead atoms. The van der Waals surface area contributed by atoms with E-state index in [2.05, 4.69) is 5.32 Å². The summed E-state index contributed by atoms with van der Waals surface area (Å²) in [4.78, 5) is 26.6. The molecule has 5 heteroatoms. The van der Waals surface area contributed by atoms with Gasteiger partial charge in [-0.1, -0.05) is 40.0 Å². The Morgan fingerprint density at radius 1 is 1.12 bits per heavy atom. The van der Waals surface area contributed by atoms with Gasteiger partial charge in [0.2, 0.25) is 5.91 Å². The molecule has 0 aromatic heterocycles. The minimum atomic E-state index is -0.481. The van der Waals surface area contributed by atoms with Crippen molar-refractivity contribution in [1.29, 1.82) is 0 Å². The zero-order valence-electron chi connectivity index (χ0n) is 15.8. The number of piperidine rings is 1. The van der Waals surface area contributed by atoms with Crippen LogP contribution in [0.15, 0.2) is 0 Å². The number of amides is 1. The van der Waals surface area contributed by atoms with E-state index in [4.69, 9.17) is 4.74 Å². The molecule has 1 aliphatic carbocycles. The molecule has 1 N–H and O–H groups in total. The van der Waals surface area contributed by atoms with Crippen LogP contribution < -0.4 is 5.32 Å². The molecule has 0 atom stereocenters. The summed E-state index contributed by atoms with van der Waals surface area (Å²) in [5.41, 5.74) is -0.784. The number of nitrogens with zero attached hydrogens (tertiary/aromatic N) is 1. The summed E-state index contributed by atoms with van der Waals surface area (Å²) >= 11 is 0. The molecule has 5 nitrogen and oxygen atoms in total. The minimum absolute atomic E-state index is 0.109. The van der Waals surface area contributed by atoms with Gasteiger partial charge in [0.05, 0.1) is 7.11 Å². The second kappa shape index (κ2) is 7.85. The lowest BCUT2D eigenvalue weighted by atomic mass is 9.81. The van der Waals surface area contributed by atoms with Gasteiger partial charge in [0.1, 0.15) is 5.54 Å². The fraction of sp³-hybridized carbons (Fsp3) is 0.895. The van der Waals surface area contributed by atoms with Crippen molar-refractivity contribution in [3.8, 4) is 0 Å². The average molecular weight is 338 g/mol. The Bertz CT molecular complexity index is 442. The molecule has 2 aliphatic rings. The topological polar surface area (TPSA) is 58.6 Å². The molecule has 2 fully saturated rings. The highest BCUT2D eigenvalue weighted by Gasteiger charge is 2.41. The van der Waals surface area contributed by atoms with E-state index in [1.54, 1.807) is 0 Å². The highest BCUT2D eigenvalue weighted by Crippen LogP contribution is 2.30. The van der Waals surface area contributed by atoms with Gasteiger partial charge in [0, 0.05) is 18.5 Å². The molecule has 0 aromatic rings. The van der Waals surface area contributed by atoms with Crippen LogP contribution in [0.25, 0.3) is 0 Å². The Morgan fingerprint density at radius 2 is 1.71 bits per heavy atom. The molecule has 1 aliphatic heterocycles. The van der Waals surface area contributed by atoms with Gasteiger partial charge < -0.3 is 15.0 Å². The van der Waals surface area contributed by atoms with E-state index in [1.165, 1.54) is 13.5 Å². The Labute approximate surface area is 146 Å². The Kier molecular flexibility index (Phi) is 6.29. The van der Waals surface area contributed by atoms with Crippen molar-refractivity contribution in [2.45, 2.75) is 71.3 Å². The largest absolute Gasteiger partial charge is 0.468 e. The molecule has 0 aromatic carbocycles. The van der Waals surface area contributed by atoms with Crippen LogP contribution in [0.3, 0.4) is 0 Å². The first-order chi connectivity index (χ1) is 11.3. The number of hydrogen-bond donors (Lipinski definition) is 1. The molecule has 0 unspecified atom stereocenters. The second-order valence-electron chi connectivity index (χ2n) is 8.50. The number of carbonyl (C=O) groups is 2. The lowest BCUT2D eigenvalue weighted by Crippen LogP contribution is -2.56. The van der Waals surface area contributed by atoms with Crippen LogP contribution in [-0.2, 0) is 14.3 Å². The number of carbonyl (C=O) groups excluding carboxylic acids is 2. The highest BCUT2D eigenvalue weighted by atomic mass is 16.5. The van der Waals surface area contributed by atoms with Crippen LogP contribution in [0, 0.1) is 11.3 Å². The predicted octanol–water partition coefficient (Wildman–Crippen LogP) is 2.74. The van der Waals surface area contributed by atoms with E-state index in [0.29, 0.717) is 5.92 Å². The van der Waals surface area contributed by atoms with Crippen LogP contribution in [0.4, 0.5) is 0 Å². The number of nitrogens with one attached hydrogen (secondary N) is 1. The maximum absolute atomic E-state index is 12.4. The van der Waals surface area contributed by atoms with Gasteiger partial charge in [-0.3, -0.25) is 9.59 Å². The number of methoxy groups -OCH3 is 1. The summed E-state index contributed by atoms with van der Waals surface area (Å²) in [6, 6.07) is 0. The lowest BCUT2D eigenvalue weighted by Gasteiger charge is -2.39. The van der Waals surface area contributed by atoms with Crippen molar-refractivity contribution in [3.05, 3.63) is 0 Å². The molecular formula is C19H34N2O3. The fourth-order valence-electron chi connectivity index (χ4n) is 3.96. The number of ether oxygens (including phenoxy) is 1. The Balaban J connectivity index is 1.85. The second-order valence-corrected chi connectivity index (χ2v) is 8.50. The van der Waals surface area contributed by atoms with Crippen molar-refractivity contribution in [2.24, 2.45) is 11.3 Å². The molecule has 0 spiro atoms. The zero-order valence-corrected chi connectivity index (χ0v) is 15.8. The van der Waals surface area contributed by atoms with Gasteiger partial charge in [-0.05, 0) is 38.1 Å². The van der Waals surface area contributed by atoms with Crippen molar-refractivity contribution >= 4 is 11.9 Å². The Morgan fingerprint density at radius 3 is 2.21 bits per heavy atom. The first kappa shape index (κ1) is 19.2. The van der Waals surface area contributed by atoms with E-state index in [0.717, 1.165) is 58.2 Å². The van der Waals surface area contributed by atoms with Gasteiger partial charge in [0.25, 0.3) is 0 Å². The van der Waals surface area contributed by atoms with E-state index < -0.39 is 5.54 Å². The van der Waals surface area contributed by atoms with Crippen molar-refractivity contribution in [1.82, 2.24) is 10.2 Å². The lowest BCUT2D eigenvalue weighted by molar-refractivity contribution is -0.150. The van der Waals surface area contributed by atoms with E-state index in [1.807, 2.05) is 25.7 Å². The van der Waals surface area contributed by atoms with E-state index in [9.17, 15) is 9.59 Å². The van der Waals surface area contributed by atoms with Crippen LogP contribution in [0.2, 0.25) is 0 Å². The number of rotatable bonds is 4. The van der Waals surface area contributed by atoms with Crippen LogP contribution in [0.5, 0.6) is 0 Å².